The lowest BCUT2D eigenvalue weighted by Gasteiger charge is -2.35. The third-order valence-electron chi connectivity index (χ3n) is 4.96. The fourth-order valence-corrected chi connectivity index (χ4v) is 3.38. The molecule has 2 aromatic rings. The number of hydrogen-bond acceptors (Lipinski definition) is 5. The van der Waals surface area contributed by atoms with Crippen LogP contribution in [0.3, 0.4) is 0 Å². The van der Waals surface area contributed by atoms with Crippen molar-refractivity contribution in [3.63, 3.8) is 0 Å². The van der Waals surface area contributed by atoms with Crippen LogP contribution < -0.4 is 4.74 Å². The number of aliphatic hydroxyl groups is 1. The Morgan fingerprint density at radius 2 is 2.10 bits per heavy atom. The van der Waals surface area contributed by atoms with Gasteiger partial charge in [0.1, 0.15) is 24.3 Å². The van der Waals surface area contributed by atoms with Gasteiger partial charge >= 0.3 is 0 Å². The second kappa shape index (κ2) is 10.9. The topological polar surface area (TPSA) is 66.2 Å². The zero-order chi connectivity index (χ0) is 21.3. The maximum Gasteiger partial charge on any atom is 0.289 e. The zero-order valence-corrected chi connectivity index (χ0v) is 17.3. The van der Waals surface area contributed by atoms with Crippen molar-refractivity contribution in [1.29, 1.82) is 0 Å². The molecule has 6 nitrogen and oxygen atoms in total. The van der Waals surface area contributed by atoms with E-state index in [4.69, 9.17) is 9.15 Å². The van der Waals surface area contributed by atoms with E-state index in [-0.39, 0.29) is 18.3 Å². The molecule has 0 aliphatic carbocycles. The number of halogens is 1. The third-order valence-corrected chi connectivity index (χ3v) is 4.96. The molecule has 2 heterocycles. The number of carbonyl (C=O) groups excluding carboxylic acids is 1. The smallest absolute Gasteiger partial charge is 0.289 e. The number of ether oxygens (including phenoxy) is 1. The van der Waals surface area contributed by atoms with Crippen molar-refractivity contribution in [1.82, 2.24) is 9.80 Å². The summed E-state index contributed by atoms with van der Waals surface area (Å²) in [6.07, 6.45) is 6.63. The molecule has 162 valence electrons. The van der Waals surface area contributed by atoms with Crippen molar-refractivity contribution < 1.29 is 23.4 Å². The summed E-state index contributed by atoms with van der Waals surface area (Å²) < 4.78 is 24.6. The zero-order valence-electron chi connectivity index (χ0n) is 17.3. The van der Waals surface area contributed by atoms with Crippen LogP contribution in [-0.4, -0.2) is 66.2 Å². The van der Waals surface area contributed by atoms with Crippen LogP contribution in [0.5, 0.6) is 5.75 Å². The molecule has 0 spiro atoms. The molecule has 1 N–H and O–H groups in total. The summed E-state index contributed by atoms with van der Waals surface area (Å²) in [6, 6.07) is 7.90. The van der Waals surface area contributed by atoms with Gasteiger partial charge in [-0.3, -0.25) is 9.69 Å². The number of furan rings is 1. The van der Waals surface area contributed by atoms with Gasteiger partial charge in [-0.1, -0.05) is 25.5 Å². The summed E-state index contributed by atoms with van der Waals surface area (Å²) in [5, 5.41) is 10.3. The number of nitrogens with zero attached hydrogens (tertiary/aromatic N) is 2. The quantitative estimate of drug-likeness (QED) is 0.679. The highest BCUT2D eigenvalue weighted by Gasteiger charge is 2.24. The van der Waals surface area contributed by atoms with E-state index in [1.807, 2.05) is 12.2 Å². The second-order valence-electron chi connectivity index (χ2n) is 7.45. The number of amides is 1. The molecule has 30 heavy (non-hydrogen) atoms. The summed E-state index contributed by atoms with van der Waals surface area (Å²) in [7, 11) is 0. The van der Waals surface area contributed by atoms with E-state index in [9.17, 15) is 14.3 Å². The number of aliphatic hydroxyl groups excluding tert-OH is 1. The molecule has 0 saturated carbocycles. The maximum absolute atomic E-state index is 13.8. The van der Waals surface area contributed by atoms with Crippen molar-refractivity contribution in [2.45, 2.75) is 25.9 Å². The lowest BCUT2D eigenvalue weighted by Crippen LogP contribution is -2.50. The highest BCUT2D eigenvalue weighted by molar-refractivity contribution is 5.91. The lowest BCUT2D eigenvalue weighted by molar-refractivity contribution is 0.0389. The largest absolute Gasteiger partial charge is 0.491 e. The summed E-state index contributed by atoms with van der Waals surface area (Å²) >= 11 is 0. The van der Waals surface area contributed by atoms with Gasteiger partial charge in [-0.05, 0) is 36.2 Å². The van der Waals surface area contributed by atoms with Gasteiger partial charge in [0, 0.05) is 38.8 Å². The van der Waals surface area contributed by atoms with E-state index < -0.39 is 6.10 Å². The molecule has 1 aliphatic heterocycles. The fourth-order valence-electron chi connectivity index (χ4n) is 3.38. The van der Waals surface area contributed by atoms with Gasteiger partial charge < -0.3 is 19.2 Å². The van der Waals surface area contributed by atoms with E-state index in [1.165, 1.54) is 18.4 Å². The predicted octanol–water partition coefficient (Wildman–Crippen LogP) is 3.43. The third kappa shape index (κ3) is 6.43. The monoisotopic (exact) mass is 416 g/mol. The number of piperazine rings is 1. The van der Waals surface area contributed by atoms with Crippen molar-refractivity contribution in [2.24, 2.45) is 0 Å². The minimum absolute atomic E-state index is 0.0765. The second-order valence-corrected chi connectivity index (χ2v) is 7.45. The Morgan fingerprint density at radius 3 is 2.80 bits per heavy atom. The first-order valence-corrected chi connectivity index (χ1v) is 10.4. The molecule has 1 aromatic carbocycles. The van der Waals surface area contributed by atoms with Crippen LogP contribution in [-0.2, 0) is 0 Å². The van der Waals surface area contributed by atoms with Crippen molar-refractivity contribution >= 4 is 12.0 Å². The summed E-state index contributed by atoms with van der Waals surface area (Å²) in [5.41, 5.74) is 0.741. The first-order valence-electron chi connectivity index (χ1n) is 10.4. The molecule has 3 rings (SSSR count). The summed E-state index contributed by atoms with van der Waals surface area (Å²) in [6.45, 7) is 5.07. The standard InChI is InChI=1S/C23H29FN2O4/c1-2-3-4-6-18-13-19(24)15-21(14-18)30-17-20(27)16-25-8-10-26(11-9-25)23(28)22-7-5-12-29-22/h4-7,12-15,20,27H,2-3,8-11,16-17H2,1H3/b6-4+. The SMILES string of the molecule is CCC/C=C/c1cc(F)cc(OCC(O)CN2CCN(C(=O)c3ccco3)CC2)c1. The normalized spacial score (nSPS) is 16.2. The average Bonchev–Trinajstić information content (AvgIpc) is 3.27. The number of unbranched alkanes of at least 4 members (excludes halogenated alkanes) is 1. The van der Waals surface area contributed by atoms with E-state index >= 15 is 0 Å². The minimum atomic E-state index is -0.709. The average molecular weight is 416 g/mol. The van der Waals surface area contributed by atoms with Gasteiger partial charge in [0.2, 0.25) is 0 Å². The Balaban J connectivity index is 1.43. The maximum atomic E-state index is 13.8. The molecule has 7 heteroatoms. The van der Waals surface area contributed by atoms with Crippen LogP contribution in [0.4, 0.5) is 4.39 Å². The number of β-amino-alcohol motifs (C(OH)–C–C–N with tert-alkyl or cyclic N) is 1. The molecular weight excluding hydrogens is 387 g/mol. The number of hydrogen-bond donors (Lipinski definition) is 1. The molecule has 1 aliphatic rings. The van der Waals surface area contributed by atoms with Crippen LogP contribution in [0.2, 0.25) is 0 Å². The molecule has 1 aromatic heterocycles. The summed E-state index contributed by atoms with van der Waals surface area (Å²) in [5.74, 6) is 0.267. The number of allylic oxidation sites excluding steroid dienone is 1. The first-order chi connectivity index (χ1) is 14.5. The molecule has 1 saturated heterocycles. The van der Waals surface area contributed by atoms with E-state index in [2.05, 4.69) is 11.8 Å². The Hall–Kier alpha value is -2.64. The Kier molecular flexibility index (Phi) is 8.04. The highest BCUT2D eigenvalue weighted by Crippen LogP contribution is 2.18. The van der Waals surface area contributed by atoms with Crippen LogP contribution in [0.25, 0.3) is 6.08 Å². The predicted molar refractivity (Wildman–Crippen MR) is 113 cm³/mol. The molecule has 1 unspecified atom stereocenters. The summed E-state index contributed by atoms with van der Waals surface area (Å²) in [4.78, 5) is 16.1. The number of rotatable bonds is 9. The molecule has 1 atom stereocenters. The number of carbonyl (C=O) groups is 1. The fraction of sp³-hybridized carbons (Fsp3) is 0.435. The van der Waals surface area contributed by atoms with Gasteiger partial charge in [0.15, 0.2) is 5.76 Å². The Bertz CT molecular complexity index is 830. The van der Waals surface area contributed by atoms with Gasteiger partial charge in [0.25, 0.3) is 5.91 Å². The van der Waals surface area contributed by atoms with Gasteiger partial charge in [-0.15, -0.1) is 0 Å². The molecule has 0 radical (unpaired) electrons. The van der Waals surface area contributed by atoms with Gasteiger partial charge in [-0.2, -0.15) is 0 Å². The Morgan fingerprint density at radius 1 is 1.30 bits per heavy atom. The van der Waals surface area contributed by atoms with E-state index in [0.29, 0.717) is 44.2 Å². The first kappa shape index (κ1) is 22.1. The van der Waals surface area contributed by atoms with Crippen LogP contribution in [0.15, 0.2) is 47.1 Å². The molecule has 0 bridgehead atoms. The van der Waals surface area contributed by atoms with Crippen LogP contribution >= 0.6 is 0 Å². The van der Waals surface area contributed by atoms with Gasteiger partial charge in [0.05, 0.1) is 6.26 Å². The Labute approximate surface area is 176 Å². The van der Waals surface area contributed by atoms with E-state index in [1.54, 1.807) is 23.1 Å². The molecule has 1 fully saturated rings. The lowest BCUT2D eigenvalue weighted by atomic mass is 10.1. The molecule has 1 amide bonds. The van der Waals surface area contributed by atoms with Crippen LogP contribution in [0.1, 0.15) is 35.9 Å². The van der Waals surface area contributed by atoms with E-state index in [0.717, 1.165) is 18.4 Å². The minimum Gasteiger partial charge on any atom is -0.491 e. The van der Waals surface area contributed by atoms with Gasteiger partial charge in [-0.25, -0.2) is 4.39 Å². The molecular formula is C23H29FN2O4. The van der Waals surface area contributed by atoms with Crippen molar-refractivity contribution in [2.75, 3.05) is 39.3 Å². The number of benzene rings is 1. The van der Waals surface area contributed by atoms with Crippen molar-refractivity contribution in [3.8, 4) is 5.75 Å². The highest BCUT2D eigenvalue weighted by atomic mass is 19.1. The van der Waals surface area contributed by atoms with Crippen molar-refractivity contribution in [3.05, 3.63) is 59.8 Å². The van der Waals surface area contributed by atoms with Crippen LogP contribution in [0, 0.1) is 5.82 Å².